The summed E-state index contributed by atoms with van der Waals surface area (Å²) in [5.41, 5.74) is 2.47. The number of sulfonamides is 1. The highest BCUT2D eigenvalue weighted by molar-refractivity contribution is 7.92. The fourth-order valence-electron chi connectivity index (χ4n) is 3.29. The molecule has 1 N–H and O–H groups in total. The highest BCUT2D eigenvalue weighted by Crippen LogP contribution is 2.32. The number of carbonyl (C=O) groups is 1. The lowest BCUT2D eigenvalue weighted by Crippen LogP contribution is -2.49. The summed E-state index contributed by atoms with van der Waals surface area (Å²) in [6.07, 6.45) is 2.31. The van der Waals surface area contributed by atoms with Crippen LogP contribution in [0.5, 0.6) is 5.75 Å². The molecule has 0 spiro atoms. The molecule has 2 rings (SSSR count). The van der Waals surface area contributed by atoms with Crippen LogP contribution in [0.1, 0.15) is 44.4 Å². The Labute approximate surface area is 184 Å². The minimum Gasteiger partial charge on any atom is -0.495 e. The molecule has 8 heteroatoms. The van der Waals surface area contributed by atoms with Gasteiger partial charge in [0.05, 0.1) is 30.1 Å². The monoisotopic (exact) mass is 452 g/mol. The average molecular weight is 453 g/mol. The Kier molecular flexibility index (Phi) is 8.15. The van der Waals surface area contributed by atoms with Gasteiger partial charge in [-0.2, -0.15) is 0 Å². The van der Waals surface area contributed by atoms with Crippen LogP contribution in [0.3, 0.4) is 0 Å². The van der Waals surface area contributed by atoms with Gasteiger partial charge in [-0.3, -0.25) is 9.10 Å². The Bertz CT molecular complexity index is 977. The fourth-order valence-corrected chi connectivity index (χ4v) is 4.74. The minimum absolute atomic E-state index is 0.265. The van der Waals surface area contributed by atoms with E-state index in [1.54, 1.807) is 19.1 Å². The number of nitrogens with one attached hydrogen (secondary N) is 1. The maximum Gasteiger partial charge on any atom is 0.244 e. The molecule has 2 aromatic carbocycles. The van der Waals surface area contributed by atoms with Gasteiger partial charge in [0.25, 0.3) is 0 Å². The molecule has 0 aliphatic rings. The zero-order valence-corrected chi connectivity index (χ0v) is 19.5. The topological polar surface area (TPSA) is 75.7 Å². The van der Waals surface area contributed by atoms with Crippen LogP contribution in [0.15, 0.2) is 42.5 Å². The lowest BCUT2D eigenvalue weighted by molar-refractivity contribution is -0.122. The predicted molar refractivity (Wildman–Crippen MR) is 122 cm³/mol. The van der Waals surface area contributed by atoms with Crippen molar-refractivity contribution < 1.29 is 17.9 Å². The molecule has 2 atom stereocenters. The van der Waals surface area contributed by atoms with Crippen LogP contribution in [-0.4, -0.2) is 33.7 Å². The molecule has 0 saturated heterocycles. The number of halogens is 1. The first kappa shape index (κ1) is 24.0. The average Bonchev–Trinajstić information content (AvgIpc) is 2.70. The summed E-state index contributed by atoms with van der Waals surface area (Å²) in [6.45, 7) is 5.73. The van der Waals surface area contributed by atoms with Crippen LogP contribution in [0.4, 0.5) is 5.69 Å². The first-order chi connectivity index (χ1) is 14.1. The van der Waals surface area contributed by atoms with E-state index in [1.807, 2.05) is 31.2 Å². The SMILES string of the molecule is CCc1ccc([C@@H](C)NC(=O)[C@H](CC)N(c2ccc(OC)c(Cl)c2)S(C)(=O)=O)cc1. The third kappa shape index (κ3) is 5.67. The Morgan fingerprint density at radius 1 is 1.17 bits per heavy atom. The normalized spacial score (nSPS) is 13.4. The molecular weight excluding hydrogens is 424 g/mol. The number of ether oxygens (including phenoxy) is 1. The molecule has 30 heavy (non-hydrogen) atoms. The maximum absolute atomic E-state index is 13.1. The highest BCUT2D eigenvalue weighted by Gasteiger charge is 2.32. The molecule has 0 heterocycles. The van der Waals surface area contributed by atoms with Crippen molar-refractivity contribution in [1.29, 1.82) is 0 Å². The molecule has 0 aliphatic heterocycles. The van der Waals surface area contributed by atoms with E-state index in [0.717, 1.165) is 22.5 Å². The molecule has 0 bridgehead atoms. The van der Waals surface area contributed by atoms with Gasteiger partial charge in [0.2, 0.25) is 15.9 Å². The van der Waals surface area contributed by atoms with Crippen molar-refractivity contribution in [2.45, 2.75) is 45.7 Å². The van der Waals surface area contributed by atoms with Crippen molar-refractivity contribution in [1.82, 2.24) is 5.32 Å². The van der Waals surface area contributed by atoms with Gasteiger partial charge in [0, 0.05) is 0 Å². The molecular formula is C22H29ClN2O4S. The highest BCUT2D eigenvalue weighted by atomic mass is 35.5. The van der Waals surface area contributed by atoms with Gasteiger partial charge >= 0.3 is 0 Å². The molecule has 0 aliphatic carbocycles. The van der Waals surface area contributed by atoms with Crippen LogP contribution in [0.25, 0.3) is 0 Å². The third-order valence-corrected chi connectivity index (χ3v) is 6.44. The number of methoxy groups -OCH3 is 1. The van der Waals surface area contributed by atoms with Gasteiger partial charge in [0.15, 0.2) is 0 Å². The molecule has 0 unspecified atom stereocenters. The Morgan fingerprint density at radius 3 is 2.27 bits per heavy atom. The second-order valence-electron chi connectivity index (χ2n) is 7.13. The van der Waals surface area contributed by atoms with Crippen LogP contribution < -0.4 is 14.4 Å². The number of carbonyl (C=O) groups excluding carboxylic acids is 1. The van der Waals surface area contributed by atoms with Crippen molar-refractivity contribution >= 4 is 33.2 Å². The summed E-state index contributed by atoms with van der Waals surface area (Å²) in [7, 11) is -2.27. The quantitative estimate of drug-likeness (QED) is 0.614. The Balaban J connectivity index is 2.32. The number of hydrogen-bond acceptors (Lipinski definition) is 4. The van der Waals surface area contributed by atoms with E-state index in [2.05, 4.69) is 12.2 Å². The Hall–Kier alpha value is -2.25. The number of hydrogen-bond donors (Lipinski definition) is 1. The second kappa shape index (κ2) is 10.2. The number of aryl methyl sites for hydroxylation is 1. The van der Waals surface area contributed by atoms with Crippen molar-refractivity contribution in [3.05, 3.63) is 58.6 Å². The number of benzene rings is 2. The van der Waals surface area contributed by atoms with Crippen LogP contribution in [0, 0.1) is 0 Å². The Morgan fingerprint density at radius 2 is 1.80 bits per heavy atom. The van der Waals surface area contributed by atoms with Crippen molar-refractivity contribution in [3.63, 3.8) is 0 Å². The fraction of sp³-hybridized carbons (Fsp3) is 0.409. The summed E-state index contributed by atoms with van der Waals surface area (Å²) in [6, 6.07) is 11.5. The molecule has 0 saturated carbocycles. The van der Waals surface area contributed by atoms with Gasteiger partial charge in [0.1, 0.15) is 11.8 Å². The predicted octanol–water partition coefficient (Wildman–Crippen LogP) is 4.33. The number of rotatable bonds is 9. The van der Waals surface area contributed by atoms with Crippen LogP contribution >= 0.6 is 11.6 Å². The second-order valence-corrected chi connectivity index (χ2v) is 9.39. The van der Waals surface area contributed by atoms with Crippen LogP contribution in [-0.2, 0) is 21.2 Å². The zero-order valence-electron chi connectivity index (χ0n) is 18.0. The van der Waals surface area contributed by atoms with Crippen molar-refractivity contribution in [3.8, 4) is 5.75 Å². The molecule has 0 aromatic heterocycles. The van der Waals surface area contributed by atoms with E-state index in [-0.39, 0.29) is 17.0 Å². The molecule has 164 valence electrons. The van der Waals surface area contributed by atoms with Gasteiger partial charge in [-0.25, -0.2) is 8.42 Å². The smallest absolute Gasteiger partial charge is 0.244 e. The van der Waals surface area contributed by atoms with E-state index in [1.165, 1.54) is 18.7 Å². The number of nitrogens with zero attached hydrogens (tertiary/aromatic N) is 1. The summed E-state index contributed by atoms with van der Waals surface area (Å²) >= 11 is 6.19. The van der Waals surface area contributed by atoms with E-state index in [9.17, 15) is 13.2 Å². The molecule has 1 amide bonds. The lowest BCUT2D eigenvalue weighted by atomic mass is 10.0. The number of anilines is 1. The van der Waals surface area contributed by atoms with E-state index < -0.39 is 16.1 Å². The maximum atomic E-state index is 13.1. The van der Waals surface area contributed by atoms with Crippen molar-refractivity contribution in [2.24, 2.45) is 0 Å². The molecule has 2 aromatic rings. The zero-order chi connectivity index (χ0) is 22.5. The molecule has 0 fully saturated rings. The third-order valence-electron chi connectivity index (χ3n) is 4.97. The first-order valence-electron chi connectivity index (χ1n) is 9.84. The van der Waals surface area contributed by atoms with Gasteiger partial charge in [-0.1, -0.05) is 49.7 Å². The summed E-state index contributed by atoms with van der Waals surface area (Å²) < 4.78 is 31.5. The lowest BCUT2D eigenvalue weighted by Gasteiger charge is -2.31. The van der Waals surface area contributed by atoms with E-state index >= 15 is 0 Å². The molecule has 6 nitrogen and oxygen atoms in total. The molecule has 0 radical (unpaired) electrons. The standard InChI is InChI=1S/C22H29ClN2O4S/c1-6-16-8-10-17(11-9-16)15(3)24-22(26)20(7-2)25(30(5,27)28)18-12-13-21(29-4)19(23)14-18/h8-15,20H,6-7H2,1-5H3,(H,24,26)/t15-,20+/m1/s1. The largest absolute Gasteiger partial charge is 0.495 e. The van der Waals surface area contributed by atoms with Crippen LogP contribution in [0.2, 0.25) is 5.02 Å². The van der Waals surface area contributed by atoms with Crippen molar-refractivity contribution in [2.75, 3.05) is 17.7 Å². The summed E-state index contributed by atoms with van der Waals surface area (Å²) in [5.74, 6) is 0.0532. The first-order valence-corrected chi connectivity index (χ1v) is 12.1. The summed E-state index contributed by atoms with van der Waals surface area (Å²) in [4.78, 5) is 13.1. The number of amides is 1. The van der Waals surface area contributed by atoms with E-state index in [0.29, 0.717) is 17.9 Å². The van der Waals surface area contributed by atoms with Gasteiger partial charge in [-0.05, 0) is 49.1 Å². The van der Waals surface area contributed by atoms with Gasteiger partial charge < -0.3 is 10.1 Å². The van der Waals surface area contributed by atoms with E-state index in [4.69, 9.17) is 16.3 Å². The van der Waals surface area contributed by atoms with Gasteiger partial charge in [-0.15, -0.1) is 0 Å². The summed E-state index contributed by atoms with van der Waals surface area (Å²) in [5, 5.41) is 3.21. The minimum atomic E-state index is -3.75.